The van der Waals surface area contributed by atoms with Crippen molar-refractivity contribution >= 4 is 41.4 Å². The number of aromatic nitrogens is 4. The van der Waals surface area contributed by atoms with Crippen LogP contribution < -0.4 is 20.5 Å². The summed E-state index contributed by atoms with van der Waals surface area (Å²) >= 11 is 1.21. The van der Waals surface area contributed by atoms with E-state index in [0.29, 0.717) is 17.7 Å². The van der Waals surface area contributed by atoms with Crippen LogP contribution in [0, 0.1) is 18.8 Å². The molecule has 4 N–H and O–H groups in total. The molecule has 1 saturated heterocycles. The molecule has 274 valence electrons. The first-order valence-corrected chi connectivity index (χ1v) is 15.6. The number of β-lactam (4-membered cyclic amide) rings is 1. The molecule has 0 aliphatic carbocycles. The fraction of sp³-hybridized carbons (Fsp3) is 0.379. The molecule has 22 heteroatoms. The summed E-state index contributed by atoms with van der Waals surface area (Å²) in [6.07, 6.45) is 0.290. The molecule has 2 atom stereocenters. The Kier molecular flexibility index (Phi) is 13.8. The summed E-state index contributed by atoms with van der Waals surface area (Å²) in [5.41, 5.74) is 6.32. The average Bonchev–Trinajstić information content (AvgIpc) is 3.78. The van der Waals surface area contributed by atoms with Gasteiger partial charge in [-0.1, -0.05) is 5.16 Å². The number of oxime groups is 1. The van der Waals surface area contributed by atoms with Crippen molar-refractivity contribution in [1.82, 2.24) is 35.0 Å². The monoisotopic (exact) mass is 732 g/mol. The fourth-order valence-electron chi connectivity index (χ4n) is 4.35. The molecule has 21 nitrogen and oxygen atoms in total. The summed E-state index contributed by atoms with van der Waals surface area (Å²) in [5.74, 6) is -0.850. The molecule has 2 aliphatic rings. The summed E-state index contributed by atoms with van der Waals surface area (Å²) in [5, 5.41) is 22.9. The van der Waals surface area contributed by atoms with Crippen LogP contribution in [0.1, 0.15) is 17.1 Å². The number of carbonyl (C=O) groups is 4. The van der Waals surface area contributed by atoms with Gasteiger partial charge in [0.1, 0.15) is 30.8 Å². The van der Waals surface area contributed by atoms with Gasteiger partial charge in [0.25, 0.3) is 17.8 Å². The second kappa shape index (κ2) is 18.0. The number of amides is 3. The smallest absolute Gasteiger partial charge is 0.404 e. The van der Waals surface area contributed by atoms with Crippen LogP contribution in [0.15, 0.2) is 56.7 Å². The van der Waals surface area contributed by atoms with E-state index < -0.39 is 35.3 Å². The number of nitrogens with one attached hydrogen (secondary N) is 1. The Morgan fingerprint density at radius 1 is 1.16 bits per heavy atom. The predicted molar refractivity (Wildman–Crippen MR) is 179 cm³/mol. The van der Waals surface area contributed by atoms with E-state index in [4.69, 9.17) is 19.6 Å². The maximum absolute atomic E-state index is 12.6. The normalized spacial score (nSPS) is 16.2. The Bertz CT molecular complexity index is 1790. The highest BCUT2D eigenvalue weighted by molar-refractivity contribution is 8.00. The highest BCUT2D eigenvalue weighted by Crippen LogP contribution is 2.40. The average molecular weight is 733 g/mol. The van der Waals surface area contributed by atoms with E-state index in [1.165, 1.54) is 36.2 Å². The third kappa shape index (κ3) is 9.93. The lowest BCUT2D eigenvalue weighted by atomic mass is 10.0. The molecular formula is C29H36N10O11S. The Balaban J connectivity index is 0.000000268. The molecule has 0 unspecified atom stereocenters. The number of thioether (sulfide) groups is 1. The second-order valence-electron chi connectivity index (χ2n) is 10.3. The van der Waals surface area contributed by atoms with Crippen molar-refractivity contribution in [2.24, 2.45) is 16.2 Å². The summed E-state index contributed by atoms with van der Waals surface area (Å²) in [4.78, 5) is 71.0. The number of carboxylic acids is 1. The number of hydrogen-bond donors (Lipinski definition) is 3. The highest BCUT2D eigenvalue weighted by Gasteiger charge is 2.54. The maximum atomic E-state index is 12.6. The highest BCUT2D eigenvalue weighted by atomic mass is 32.2. The number of aliphatic carboxylic acids is 1. The number of aryl methyl sites for hydroxylation is 2. The van der Waals surface area contributed by atoms with E-state index in [9.17, 15) is 29.2 Å². The zero-order chi connectivity index (χ0) is 37.8. The zero-order valence-electron chi connectivity index (χ0n) is 28.5. The number of methoxy groups -OCH3 is 2. The van der Waals surface area contributed by atoms with E-state index in [-0.39, 0.29) is 35.1 Å². The van der Waals surface area contributed by atoms with Crippen LogP contribution in [0.3, 0.4) is 0 Å². The van der Waals surface area contributed by atoms with Gasteiger partial charge in [-0.2, -0.15) is 14.8 Å². The van der Waals surface area contributed by atoms with Gasteiger partial charge in [-0.15, -0.1) is 16.7 Å². The Hall–Kier alpha value is -6.19. The Labute approximate surface area is 294 Å². The minimum Gasteiger partial charge on any atom is -0.481 e. The van der Waals surface area contributed by atoms with Crippen molar-refractivity contribution in [2.75, 3.05) is 47.8 Å². The first-order chi connectivity index (χ1) is 24.3. The summed E-state index contributed by atoms with van der Waals surface area (Å²) in [7, 11) is 7.56. The maximum Gasteiger partial charge on any atom is 0.404 e. The quantitative estimate of drug-likeness (QED) is 0.107. The molecular weight excluding hydrogens is 696 g/mol. The van der Waals surface area contributed by atoms with Crippen molar-refractivity contribution < 1.29 is 47.8 Å². The number of carboxylic acid groups (broad SMARTS) is 1. The molecule has 5 rings (SSSR count). The molecule has 0 bridgehead atoms. The molecule has 5 heterocycles. The van der Waals surface area contributed by atoms with Crippen LogP contribution in [0.25, 0.3) is 5.95 Å². The molecule has 0 radical (unpaired) electrons. The molecule has 0 saturated carbocycles. The van der Waals surface area contributed by atoms with Gasteiger partial charge >= 0.3 is 12.1 Å². The number of nitrogens with zero attached hydrogens (tertiary/aromatic N) is 8. The minimum atomic E-state index is -1.35. The van der Waals surface area contributed by atoms with E-state index in [1.807, 2.05) is 19.9 Å². The number of ether oxygens (including phenoxy) is 3. The van der Waals surface area contributed by atoms with Gasteiger partial charge < -0.3 is 39.6 Å². The third-order valence-corrected chi connectivity index (χ3v) is 7.81. The lowest BCUT2D eigenvalue weighted by molar-refractivity contribution is -0.150. The van der Waals surface area contributed by atoms with Crippen LogP contribution in [-0.2, 0) is 24.0 Å². The number of nitrogens with two attached hydrogens (primary N) is 1. The molecule has 2 aliphatic heterocycles. The van der Waals surface area contributed by atoms with Crippen molar-refractivity contribution in [1.29, 1.82) is 0 Å². The van der Waals surface area contributed by atoms with Gasteiger partial charge in [0.05, 0.1) is 31.5 Å². The number of primary amides is 1. The second-order valence-corrected chi connectivity index (χ2v) is 11.5. The number of fused-ring (bicyclic) bond motifs is 1. The van der Waals surface area contributed by atoms with Crippen molar-refractivity contribution in [3.8, 4) is 17.7 Å². The van der Waals surface area contributed by atoms with Crippen molar-refractivity contribution in [3.63, 3.8) is 0 Å². The van der Waals surface area contributed by atoms with Crippen LogP contribution >= 0.6 is 11.8 Å². The van der Waals surface area contributed by atoms with Crippen LogP contribution in [-0.4, -0.2) is 124 Å². The number of nitroso groups, excluding NO2 is 1. The summed E-state index contributed by atoms with van der Waals surface area (Å²) in [6, 6.07) is 5.65. The molecule has 0 spiro atoms. The number of hydrogen-bond acceptors (Lipinski definition) is 16. The fourth-order valence-corrected chi connectivity index (χ4v) is 5.68. The van der Waals surface area contributed by atoms with Gasteiger partial charge in [0.2, 0.25) is 17.5 Å². The van der Waals surface area contributed by atoms with Gasteiger partial charge in [-0.25, -0.2) is 14.6 Å². The lowest BCUT2D eigenvalue weighted by Crippen LogP contribution is -2.71. The van der Waals surface area contributed by atoms with E-state index in [0.717, 1.165) is 16.3 Å². The largest absolute Gasteiger partial charge is 0.481 e. The van der Waals surface area contributed by atoms with Gasteiger partial charge in [0.15, 0.2) is 5.76 Å². The Morgan fingerprint density at radius 2 is 1.86 bits per heavy atom. The van der Waals surface area contributed by atoms with Gasteiger partial charge in [-0.05, 0) is 26.0 Å². The molecule has 3 amide bonds. The first-order valence-electron chi connectivity index (χ1n) is 14.6. The van der Waals surface area contributed by atoms with Gasteiger partial charge in [-0.3, -0.25) is 19.5 Å². The van der Waals surface area contributed by atoms with Crippen LogP contribution in [0.2, 0.25) is 0 Å². The van der Waals surface area contributed by atoms with Crippen molar-refractivity contribution in [3.05, 3.63) is 63.9 Å². The number of rotatable bonds is 11. The molecule has 0 aromatic carbocycles. The molecule has 1 fully saturated rings. The summed E-state index contributed by atoms with van der Waals surface area (Å²) in [6.45, 7) is 3.41. The van der Waals surface area contributed by atoms with Crippen molar-refractivity contribution in [2.45, 2.75) is 25.3 Å². The van der Waals surface area contributed by atoms with Gasteiger partial charge in [0, 0.05) is 43.2 Å². The lowest BCUT2D eigenvalue weighted by Gasteiger charge is -2.49. The zero-order valence-corrected chi connectivity index (χ0v) is 29.4. The SMILES string of the molecule is CN(C)N=O.CO/N=C(\C(=O)N[C@@H]1C(=O)N2C(C(=O)O)=C(COC(N)=O)CS[C@H]12)c1ccco1.COc1cc(C)nc(-n2nc(C)cc2OC)n1. The summed E-state index contributed by atoms with van der Waals surface area (Å²) < 4.78 is 21.7. The molecule has 51 heavy (non-hydrogen) atoms. The molecule has 3 aromatic heterocycles. The predicted octanol–water partition coefficient (Wildman–Crippen LogP) is 0.990. The first kappa shape index (κ1) is 39.3. The third-order valence-electron chi connectivity index (χ3n) is 6.47. The molecule has 3 aromatic rings. The van der Waals surface area contributed by atoms with Crippen LogP contribution in [0.5, 0.6) is 11.8 Å². The number of furan rings is 1. The van der Waals surface area contributed by atoms with E-state index in [2.05, 4.69) is 40.4 Å². The van der Waals surface area contributed by atoms with E-state index in [1.54, 1.807) is 45.1 Å². The number of carbonyl (C=O) groups excluding carboxylic acids is 3. The Morgan fingerprint density at radius 3 is 2.41 bits per heavy atom. The van der Waals surface area contributed by atoms with E-state index >= 15 is 0 Å². The standard InChI is InChI=1S/C16H16N4O8S.C11H14N4O2.C2H6N2O/c1-26-19-9(8-3-2-4-27-8)12(21)18-10-13(22)20-11(15(23)24)7(5-28-16(17)25)6-29-14(10)20;1-7-5-9(16-3)13-11(12-7)15-10(17-4)6-8(2)14-15;1-4(2)3-5/h2-4,10,14H,5-6H2,1H3,(H2,17,25)(H,18,21)(H,23,24);5-6H,1-4H3;1-2H3/b19-9-;;/t10-,14-;;/m1../s1. The topological polar surface area (TPSA) is 268 Å². The minimum absolute atomic E-state index is 0.140. The van der Waals surface area contributed by atoms with Crippen LogP contribution in [0.4, 0.5) is 4.79 Å².